The molecule has 0 radical (unpaired) electrons. The Hall–Kier alpha value is -1.34. The van der Waals surface area contributed by atoms with Crippen molar-refractivity contribution in [2.75, 3.05) is 19.3 Å². The van der Waals surface area contributed by atoms with Crippen molar-refractivity contribution < 1.29 is 4.79 Å². The molecule has 0 bridgehead atoms. The second-order valence-corrected chi connectivity index (χ2v) is 8.49. The van der Waals surface area contributed by atoms with Crippen LogP contribution in [0.1, 0.15) is 22.2 Å². The van der Waals surface area contributed by atoms with E-state index in [1.165, 1.54) is 14.6 Å². The lowest BCUT2D eigenvalue weighted by Crippen LogP contribution is -2.44. The molecular formula is C18H23N3OS2. The average Bonchev–Trinajstić information content (AvgIpc) is 3.24. The van der Waals surface area contributed by atoms with Crippen LogP contribution in [0.25, 0.3) is 0 Å². The van der Waals surface area contributed by atoms with Crippen LogP contribution in [0.15, 0.2) is 47.4 Å². The molecule has 6 heteroatoms. The van der Waals surface area contributed by atoms with Crippen molar-refractivity contribution in [3.8, 4) is 0 Å². The highest BCUT2D eigenvalue weighted by molar-refractivity contribution is 7.99. The molecule has 1 saturated heterocycles. The van der Waals surface area contributed by atoms with E-state index in [1.54, 1.807) is 23.1 Å². The Morgan fingerprint density at radius 1 is 1.25 bits per heavy atom. The Morgan fingerprint density at radius 2 is 2.04 bits per heavy atom. The predicted molar refractivity (Wildman–Crippen MR) is 101 cm³/mol. The molecule has 2 N–H and O–H groups in total. The highest BCUT2D eigenvalue weighted by Gasteiger charge is 2.32. The smallest absolute Gasteiger partial charge is 0.240 e. The molecule has 0 aliphatic carbocycles. The summed E-state index contributed by atoms with van der Waals surface area (Å²) in [6.45, 7) is 2.86. The maximum absolute atomic E-state index is 12.6. The van der Waals surface area contributed by atoms with E-state index >= 15 is 0 Å². The average molecular weight is 362 g/mol. The van der Waals surface area contributed by atoms with Crippen molar-refractivity contribution in [2.45, 2.75) is 30.3 Å². The number of thiophene rings is 1. The summed E-state index contributed by atoms with van der Waals surface area (Å²) in [5, 5.41) is 0. The first-order valence-corrected chi connectivity index (χ1v) is 9.94. The first-order chi connectivity index (χ1) is 11.6. The minimum atomic E-state index is -0.149. The van der Waals surface area contributed by atoms with E-state index in [-0.39, 0.29) is 18.0 Å². The molecule has 3 rings (SSSR count). The van der Waals surface area contributed by atoms with Gasteiger partial charge in [0, 0.05) is 34.0 Å². The Bertz CT molecular complexity index is 674. The van der Waals surface area contributed by atoms with Gasteiger partial charge in [0.1, 0.15) is 6.04 Å². The topological polar surface area (TPSA) is 44.4 Å². The number of benzene rings is 1. The van der Waals surface area contributed by atoms with Gasteiger partial charge in [0.15, 0.2) is 0 Å². The fraction of sp³-hybridized carbons (Fsp3) is 0.389. The highest BCUT2D eigenvalue weighted by atomic mass is 32.2. The number of carbonyl (C=O) groups is 1. The van der Waals surface area contributed by atoms with E-state index in [0.717, 1.165) is 18.7 Å². The molecule has 1 fully saturated rings. The fourth-order valence-electron chi connectivity index (χ4n) is 2.74. The first kappa shape index (κ1) is 17.5. The van der Waals surface area contributed by atoms with Gasteiger partial charge in [0.05, 0.1) is 6.04 Å². The number of nitrogens with zero attached hydrogens (tertiary/aromatic N) is 1. The minimum Gasteiger partial charge on any atom is -0.344 e. The van der Waals surface area contributed by atoms with E-state index in [9.17, 15) is 4.79 Å². The molecule has 0 saturated carbocycles. The van der Waals surface area contributed by atoms with E-state index in [2.05, 4.69) is 42.0 Å². The van der Waals surface area contributed by atoms with E-state index < -0.39 is 0 Å². The normalized spacial score (nSPS) is 20.2. The van der Waals surface area contributed by atoms with E-state index in [1.807, 2.05) is 30.1 Å². The number of likely N-dealkylation sites (N-methyl/N-ethyl adjacent to an activating group) is 1. The van der Waals surface area contributed by atoms with Gasteiger partial charge >= 0.3 is 0 Å². The molecule has 2 heterocycles. The lowest BCUT2D eigenvalue weighted by atomic mass is 10.1. The van der Waals surface area contributed by atoms with Crippen molar-refractivity contribution in [1.29, 1.82) is 0 Å². The molecule has 1 aromatic heterocycles. The summed E-state index contributed by atoms with van der Waals surface area (Å²) in [6, 6.07) is 14.6. The summed E-state index contributed by atoms with van der Waals surface area (Å²) in [7, 11) is 1.89. The van der Waals surface area contributed by atoms with Gasteiger partial charge in [-0.2, -0.15) is 0 Å². The Labute approximate surface area is 151 Å². The third-order valence-electron chi connectivity index (χ3n) is 4.12. The van der Waals surface area contributed by atoms with Crippen molar-refractivity contribution in [3.63, 3.8) is 0 Å². The zero-order valence-corrected chi connectivity index (χ0v) is 15.6. The molecule has 24 heavy (non-hydrogen) atoms. The molecule has 1 aliphatic heterocycles. The summed E-state index contributed by atoms with van der Waals surface area (Å²) in [5.41, 5.74) is 6.42. The summed E-state index contributed by atoms with van der Waals surface area (Å²) < 4.78 is 0. The first-order valence-electron chi connectivity index (χ1n) is 8.13. The van der Waals surface area contributed by atoms with Crippen LogP contribution in [0, 0.1) is 6.92 Å². The van der Waals surface area contributed by atoms with Gasteiger partial charge in [-0.1, -0.05) is 18.2 Å². The molecule has 1 aliphatic rings. The maximum Gasteiger partial charge on any atom is 0.240 e. The van der Waals surface area contributed by atoms with Crippen LogP contribution in [-0.4, -0.2) is 36.2 Å². The number of thioether (sulfide) groups is 1. The van der Waals surface area contributed by atoms with Crippen molar-refractivity contribution in [3.05, 3.63) is 52.2 Å². The Balaban J connectivity index is 1.46. The van der Waals surface area contributed by atoms with Crippen LogP contribution in [0.5, 0.6) is 0 Å². The number of nitrogens with one attached hydrogen (secondary N) is 2. The number of hydrogen-bond acceptors (Lipinski definition) is 5. The second-order valence-electron chi connectivity index (χ2n) is 6.00. The Morgan fingerprint density at radius 3 is 2.75 bits per heavy atom. The molecule has 1 amide bonds. The van der Waals surface area contributed by atoms with Crippen molar-refractivity contribution in [2.24, 2.45) is 0 Å². The third kappa shape index (κ3) is 4.39. The van der Waals surface area contributed by atoms with Gasteiger partial charge in [-0.05, 0) is 37.6 Å². The zero-order valence-electron chi connectivity index (χ0n) is 14.0. The van der Waals surface area contributed by atoms with Gasteiger partial charge in [-0.25, -0.2) is 10.9 Å². The van der Waals surface area contributed by atoms with Gasteiger partial charge in [-0.15, -0.1) is 23.1 Å². The number of hydrazine groups is 1. The standard InChI is InChI=1S/C18H23N3OS2/c1-13-8-9-17(24-13)15-12-16(20-19-15)18(22)21(2)10-11-23-14-6-4-3-5-7-14/h3-9,15-16,19-20H,10-12H2,1-2H3. The number of rotatable bonds is 6. The largest absolute Gasteiger partial charge is 0.344 e. The quantitative estimate of drug-likeness (QED) is 0.776. The van der Waals surface area contributed by atoms with Gasteiger partial charge in [0.25, 0.3) is 0 Å². The summed E-state index contributed by atoms with van der Waals surface area (Å²) in [5.74, 6) is 1.06. The molecule has 4 nitrogen and oxygen atoms in total. The number of hydrogen-bond donors (Lipinski definition) is 2. The number of carbonyl (C=O) groups excluding carboxylic acids is 1. The number of amides is 1. The van der Waals surface area contributed by atoms with Crippen molar-refractivity contribution >= 4 is 29.0 Å². The van der Waals surface area contributed by atoms with Crippen LogP contribution in [-0.2, 0) is 4.79 Å². The lowest BCUT2D eigenvalue weighted by molar-refractivity contribution is -0.131. The van der Waals surface area contributed by atoms with Crippen LogP contribution in [0.2, 0.25) is 0 Å². The van der Waals surface area contributed by atoms with Gasteiger partial charge in [0.2, 0.25) is 5.91 Å². The molecule has 0 spiro atoms. The van der Waals surface area contributed by atoms with Crippen LogP contribution in [0.4, 0.5) is 0 Å². The van der Waals surface area contributed by atoms with E-state index in [0.29, 0.717) is 0 Å². The molecule has 2 aromatic rings. The van der Waals surface area contributed by atoms with Crippen LogP contribution < -0.4 is 10.9 Å². The minimum absolute atomic E-state index is 0.149. The third-order valence-corrected chi connectivity index (χ3v) is 6.23. The van der Waals surface area contributed by atoms with Crippen LogP contribution >= 0.6 is 23.1 Å². The highest BCUT2D eigenvalue weighted by Crippen LogP contribution is 2.28. The zero-order chi connectivity index (χ0) is 16.9. The number of aryl methyl sites for hydroxylation is 1. The monoisotopic (exact) mass is 361 g/mol. The lowest BCUT2D eigenvalue weighted by Gasteiger charge is -2.20. The van der Waals surface area contributed by atoms with E-state index in [4.69, 9.17) is 0 Å². The molecular weight excluding hydrogens is 338 g/mol. The Kier molecular flexibility index (Phi) is 5.94. The molecule has 2 unspecified atom stereocenters. The van der Waals surface area contributed by atoms with Crippen molar-refractivity contribution in [1.82, 2.24) is 15.8 Å². The summed E-state index contributed by atoms with van der Waals surface area (Å²) in [4.78, 5) is 18.3. The summed E-state index contributed by atoms with van der Waals surface area (Å²) >= 11 is 3.57. The second kappa shape index (κ2) is 8.16. The van der Waals surface area contributed by atoms with Gasteiger partial charge in [-0.3, -0.25) is 4.79 Å². The summed E-state index contributed by atoms with van der Waals surface area (Å²) in [6.07, 6.45) is 0.801. The maximum atomic E-state index is 12.6. The fourth-order valence-corrected chi connectivity index (χ4v) is 4.63. The van der Waals surface area contributed by atoms with Crippen LogP contribution in [0.3, 0.4) is 0 Å². The SMILES string of the molecule is Cc1ccc(C2CC(C(=O)N(C)CCSc3ccccc3)NN2)s1. The molecule has 1 aromatic carbocycles. The molecule has 2 atom stereocenters. The molecule has 128 valence electrons. The van der Waals surface area contributed by atoms with Gasteiger partial charge < -0.3 is 4.90 Å². The predicted octanol–water partition coefficient (Wildman–Crippen LogP) is 3.21.